The van der Waals surface area contributed by atoms with Crippen LogP contribution in [0.3, 0.4) is 0 Å². The first-order valence-electron chi connectivity index (χ1n) is 7.09. The molecule has 2 N–H and O–H groups in total. The molecule has 0 spiro atoms. The van der Waals surface area contributed by atoms with Gasteiger partial charge in [0.2, 0.25) is 5.88 Å². The zero-order chi connectivity index (χ0) is 14.8. The van der Waals surface area contributed by atoms with Gasteiger partial charge in [0, 0.05) is 18.7 Å². The second-order valence-electron chi connectivity index (χ2n) is 5.39. The summed E-state index contributed by atoms with van der Waals surface area (Å²) in [7, 11) is 0. The maximum Gasteiger partial charge on any atom is 0.241 e. The van der Waals surface area contributed by atoms with Crippen LogP contribution in [0.5, 0.6) is 11.6 Å². The molecule has 4 nitrogen and oxygen atoms in total. The number of nitrogens with two attached hydrogens (primary N) is 1. The third-order valence-electron chi connectivity index (χ3n) is 3.31. The summed E-state index contributed by atoms with van der Waals surface area (Å²) < 4.78 is 8.02. The Bertz CT molecular complexity index is 762. The van der Waals surface area contributed by atoms with Crippen LogP contribution >= 0.6 is 0 Å². The lowest BCUT2D eigenvalue weighted by Crippen LogP contribution is -2.19. The van der Waals surface area contributed by atoms with Gasteiger partial charge in [-0.3, -0.25) is 0 Å². The largest absolute Gasteiger partial charge is 0.437 e. The van der Waals surface area contributed by atoms with Crippen molar-refractivity contribution in [2.75, 3.05) is 0 Å². The molecule has 4 heteroatoms. The van der Waals surface area contributed by atoms with Crippen molar-refractivity contribution in [1.82, 2.24) is 9.38 Å². The van der Waals surface area contributed by atoms with E-state index in [0.717, 1.165) is 22.7 Å². The highest BCUT2D eigenvalue weighted by molar-refractivity contribution is 5.47. The van der Waals surface area contributed by atoms with Gasteiger partial charge >= 0.3 is 0 Å². The summed E-state index contributed by atoms with van der Waals surface area (Å²) in [5, 5.41) is 0. The van der Waals surface area contributed by atoms with Gasteiger partial charge in [-0.15, -0.1) is 0 Å². The van der Waals surface area contributed by atoms with Gasteiger partial charge in [0.15, 0.2) is 0 Å². The molecule has 0 aliphatic carbocycles. The Labute approximate surface area is 124 Å². The second-order valence-corrected chi connectivity index (χ2v) is 5.39. The van der Waals surface area contributed by atoms with E-state index in [1.54, 1.807) is 0 Å². The minimum atomic E-state index is 0.0463. The van der Waals surface area contributed by atoms with E-state index in [9.17, 15) is 0 Å². The average Bonchev–Trinajstić information content (AvgIpc) is 2.76. The third kappa shape index (κ3) is 2.90. The molecule has 1 unspecified atom stereocenters. The Hall–Kier alpha value is -2.33. The average molecular weight is 281 g/mol. The normalized spacial score (nSPS) is 12.5. The predicted octanol–water partition coefficient (Wildman–Crippen LogP) is 3.32. The van der Waals surface area contributed by atoms with Gasteiger partial charge < -0.3 is 14.9 Å². The molecule has 0 fully saturated rings. The van der Waals surface area contributed by atoms with Crippen LogP contribution in [0.15, 0.2) is 48.7 Å². The van der Waals surface area contributed by atoms with Crippen LogP contribution in [0.25, 0.3) is 5.65 Å². The van der Waals surface area contributed by atoms with Gasteiger partial charge in [-0.25, -0.2) is 0 Å². The van der Waals surface area contributed by atoms with Crippen LogP contribution in [0, 0.1) is 6.92 Å². The molecule has 108 valence electrons. The summed E-state index contributed by atoms with van der Waals surface area (Å²) in [6.45, 7) is 4.03. The smallest absolute Gasteiger partial charge is 0.241 e. The van der Waals surface area contributed by atoms with E-state index >= 15 is 0 Å². The number of hydrogen-bond acceptors (Lipinski definition) is 3. The van der Waals surface area contributed by atoms with Crippen LogP contribution in [0.2, 0.25) is 0 Å². The number of aryl methyl sites for hydroxylation is 1. The van der Waals surface area contributed by atoms with Crippen LogP contribution in [0.4, 0.5) is 0 Å². The zero-order valence-electron chi connectivity index (χ0n) is 12.3. The maximum atomic E-state index is 5.99. The van der Waals surface area contributed by atoms with Crippen molar-refractivity contribution >= 4 is 5.65 Å². The lowest BCUT2D eigenvalue weighted by Gasteiger charge is -2.09. The van der Waals surface area contributed by atoms with Gasteiger partial charge in [-0.1, -0.05) is 18.2 Å². The number of imidazole rings is 1. The highest BCUT2D eigenvalue weighted by Gasteiger charge is 2.15. The SMILES string of the molecule is Cc1cccc(Oc2nc3ccccn3c2CC(C)N)c1. The summed E-state index contributed by atoms with van der Waals surface area (Å²) in [5.41, 5.74) is 8.99. The lowest BCUT2D eigenvalue weighted by molar-refractivity contribution is 0.456. The molecule has 2 aromatic heterocycles. The van der Waals surface area contributed by atoms with E-state index in [4.69, 9.17) is 10.5 Å². The van der Waals surface area contributed by atoms with Gasteiger partial charge in [0.25, 0.3) is 0 Å². The molecular formula is C17H19N3O. The van der Waals surface area contributed by atoms with Crippen molar-refractivity contribution in [1.29, 1.82) is 0 Å². The third-order valence-corrected chi connectivity index (χ3v) is 3.31. The van der Waals surface area contributed by atoms with Crippen molar-refractivity contribution in [3.63, 3.8) is 0 Å². The Morgan fingerprint density at radius 2 is 2.10 bits per heavy atom. The number of benzene rings is 1. The van der Waals surface area contributed by atoms with Crippen molar-refractivity contribution in [2.24, 2.45) is 5.73 Å². The van der Waals surface area contributed by atoms with Gasteiger partial charge in [0.1, 0.15) is 11.4 Å². The monoisotopic (exact) mass is 281 g/mol. The van der Waals surface area contributed by atoms with E-state index < -0.39 is 0 Å². The van der Waals surface area contributed by atoms with E-state index in [1.807, 2.05) is 66.9 Å². The zero-order valence-corrected chi connectivity index (χ0v) is 12.3. The summed E-state index contributed by atoms with van der Waals surface area (Å²) in [6, 6.07) is 13.9. The fraction of sp³-hybridized carbons (Fsp3) is 0.235. The number of hydrogen-bond donors (Lipinski definition) is 1. The molecule has 3 aromatic rings. The van der Waals surface area contributed by atoms with Crippen molar-refractivity contribution in [2.45, 2.75) is 26.3 Å². The molecule has 3 rings (SSSR count). The Morgan fingerprint density at radius 1 is 1.24 bits per heavy atom. The van der Waals surface area contributed by atoms with Crippen molar-refractivity contribution < 1.29 is 4.74 Å². The number of nitrogens with zero attached hydrogens (tertiary/aromatic N) is 2. The van der Waals surface area contributed by atoms with Crippen molar-refractivity contribution in [3.8, 4) is 11.6 Å². The number of pyridine rings is 1. The minimum Gasteiger partial charge on any atom is -0.437 e. The second kappa shape index (κ2) is 5.58. The van der Waals surface area contributed by atoms with Crippen molar-refractivity contribution in [3.05, 3.63) is 59.9 Å². The first-order chi connectivity index (χ1) is 10.1. The molecule has 0 bridgehead atoms. The molecule has 0 saturated heterocycles. The topological polar surface area (TPSA) is 52.5 Å². The Morgan fingerprint density at radius 3 is 2.86 bits per heavy atom. The minimum absolute atomic E-state index is 0.0463. The van der Waals surface area contributed by atoms with Crippen LogP contribution < -0.4 is 10.5 Å². The molecule has 1 aromatic carbocycles. The first-order valence-corrected chi connectivity index (χ1v) is 7.09. The highest BCUT2D eigenvalue weighted by Crippen LogP contribution is 2.27. The molecule has 0 radical (unpaired) electrons. The number of ether oxygens (including phenoxy) is 1. The van der Waals surface area contributed by atoms with Gasteiger partial charge in [-0.2, -0.15) is 4.98 Å². The molecule has 0 aliphatic heterocycles. The van der Waals surface area contributed by atoms with E-state index in [2.05, 4.69) is 4.98 Å². The van der Waals surface area contributed by atoms with Crippen LogP contribution in [0.1, 0.15) is 18.2 Å². The standard InChI is InChI=1S/C17H19N3O/c1-12-6-5-7-14(10-12)21-17-15(11-13(2)18)20-9-4-3-8-16(20)19-17/h3-10,13H,11,18H2,1-2H3. The quantitative estimate of drug-likeness (QED) is 0.798. The van der Waals surface area contributed by atoms with Crippen LogP contribution in [-0.4, -0.2) is 15.4 Å². The summed E-state index contributed by atoms with van der Waals surface area (Å²) in [4.78, 5) is 4.58. The molecule has 0 aliphatic rings. The molecular weight excluding hydrogens is 262 g/mol. The fourth-order valence-electron chi connectivity index (χ4n) is 2.39. The number of rotatable bonds is 4. The molecule has 0 saturated carbocycles. The summed E-state index contributed by atoms with van der Waals surface area (Å²) in [6.07, 6.45) is 2.70. The lowest BCUT2D eigenvalue weighted by atomic mass is 10.2. The predicted molar refractivity (Wildman–Crippen MR) is 83.8 cm³/mol. The van der Waals surface area contributed by atoms with Gasteiger partial charge in [0.05, 0.1) is 5.69 Å². The Balaban J connectivity index is 2.04. The van der Waals surface area contributed by atoms with Crippen LogP contribution in [-0.2, 0) is 6.42 Å². The summed E-state index contributed by atoms with van der Waals surface area (Å²) in [5.74, 6) is 1.42. The first kappa shape index (κ1) is 13.6. The maximum absolute atomic E-state index is 5.99. The summed E-state index contributed by atoms with van der Waals surface area (Å²) >= 11 is 0. The number of aromatic nitrogens is 2. The van der Waals surface area contributed by atoms with E-state index in [1.165, 1.54) is 0 Å². The molecule has 0 amide bonds. The number of fused-ring (bicyclic) bond motifs is 1. The Kier molecular flexibility index (Phi) is 3.62. The molecule has 2 heterocycles. The highest BCUT2D eigenvalue weighted by atomic mass is 16.5. The van der Waals surface area contributed by atoms with E-state index in [0.29, 0.717) is 12.3 Å². The molecule has 1 atom stereocenters. The fourth-order valence-corrected chi connectivity index (χ4v) is 2.39. The van der Waals surface area contributed by atoms with E-state index in [-0.39, 0.29) is 6.04 Å². The molecule has 21 heavy (non-hydrogen) atoms. The van der Waals surface area contributed by atoms with Gasteiger partial charge in [-0.05, 0) is 43.7 Å².